The van der Waals surface area contributed by atoms with Crippen LogP contribution in [0.15, 0.2) is 35.7 Å². The number of anilines is 2. The van der Waals surface area contributed by atoms with Crippen LogP contribution in [0.5, 0.6) is 0 Å². The Labute approximate surface area is 154 Å². The lowest BCUT2D eigenvalue weighted by Crippen LogP contribution is -2.15. The van der Waals surface area contributed by atoms with E-state index in [4.69, 9.17) is 10.5 Å². The van der Waals surface area contributed by atoms with Gasteiger partial charge in [0.05, 0.1) is 42.0 Å². The highest BCUT2D eigenvalue weighted by atomic mass is 32.1. The third-order valence-electron chi connectivity index (χ3n) is 3.58. The van der Waals surface area contributed by atoms with Crippen LogP contribution in [-0.4, -0.2) is 28.5 Å². The van der Waals surface area contributed by atoms with Crippen LogP contribution in [0.25, 0.3) is 10.9 Å². The van der Waals surface area contributed by atoms with Crippen LogP contribution in [0, 0.1) is 0 Å². The molecule has 0 fully saturated rings. The van der Waals surface area contributed by atoms with Crippen LogP contribution in [0.4, 0.5) is 10.8 Å². The quantitative estimate of drug-likeness (QED) is 0.510. The molecule has 2 aromatic heterocycles. The fraction of sp³-hybridized carbons (Fsp3) is 0.222. The smallest absolute Gasteiger partial charge is 0.311 e. The Morgan fingerprint density at radius 3 is 2.81 bits per heavy atom. The summed E-state index contributed by atoms with van der Waals surface area (Å²) in [5.41, 5.74) is 8.39. The molecule has 0 aliphatic rings. The number of nitrogen functional groups attached to an aromatic ring is 1. The zero-order valence-corrected chi connectivity index (χ0v) is 15.0. The molecular weight excluding hydrogens is 352 g/mol. The van der Waals surface area contributed by atoms with Crippen molar-refractivity contribution >= 4 is 44.9 Å². The Balaban J connectivity index is 1.63. The van der Waals surface area contributed by atoms with E-state index in [1.54, 1.807) is 24.4 Å². The normalized spacial score (nSPS) is 10.7. The second kappa shape index (κ2) is 7.92. The molecule has 0 unspecified atom stereocenters. The van der Waals surface area contributed by atoms with Gasteiger partial charge in [0.2, 0.25) is 5.91 Å². The highest BCUT2D eigenvalue weighted by molar-refractivity contribution is 7.13. The summed E-state index contributed by atoms with van der Waals surface area (Å²) in [5, 5.41) is 5.82. The van der Waals surface area contributed by atoms with Crippen molar-refractivity contribution in [1.82, 2.24) is 9.97 Å². The summed E-state index contributed by atoms with van der Waals surface area (Å²) in [7, 11) is 0. The van der Waals surface area contributed by atoms with E-state index in [1.165, 1.54) is 11.3 Å². The number of amides is 1. The standard InChI is InChI=1S/C18H18N4O3S/c1-2-25-16(24)9-13-10-26-18(21-13)22-15(23)8-12-7-6-11-4-3-5-14(19)17(11)20-12/h3-7,10H,2,8-9,19H2,1H3,(H,21,22,23). The minimum absolute atomic E-state index is 0.0890. The van der Waals surface area contributed by atoms with Crippen LogP contribution >= 0.6 is 11.3 Å². The van der Waals surface area contributed by atoms with Gasteiger partial charge in [-0.15, -0.1) is 11.3 Å². The number of nitrogens with zero attached hydrogens (tertiary/aromatic N) is 2. The third kappa shape index (κ3) is 4.34. The zero-order valence-electron chi connectivity index (χ0n) is 14.2. The molecule has 0 aliphatic carbocycles. The molecule has 3 N–H and O–H groups in total. The van der Waals surface area contributed by atoms with Gasteiger partial charge in [0, 0.05) is 10.8 Å². The van der Waals surface area contributed by atoms with Gasteiger partial charge in [0.15, 0.2) is 5.13 Å². The van der Waals surface area contributed by atoms with Crippen molar-refractivity contribution < 1.29 is 14.3 Å². The molecule has 1 amide bonds. The second-order valence-electron chi connectivity index (χ2n) is 5.57. The Hall–Kier alpha value is -3.00. The number of carbonyl (C=O) groups excluding carboxylic acids is 2. The Morgan fingerprint density at radius 2 is 2.00 bits per heavy atom. The molecule has 134 valence electrons. The van der Waals surface area contributed by atoms with Crippen LogP contribution in [-0.2, 0) is 27.2 Å². The van der Waals surface area contributed by atoms with Crippen molar-refractivity contribution in [2.45, 2.75) is 19.8 Å². The summed E-state index contributed by atoms with van der Waals surface area (Å²) in [4.78, 5) is 32.4. The van der Waals surface area contributed by atoms with E-state index in [0.29, 0.717) is 34.3 Å². The van der Waals surface area contributed by atoms with Gasteiger partial charge in [0.1, 0.15) is 0 Å². The molecule has 1 aromatic carbocycles. The van der Waals surface area contributed by atoms with Crippen molar-refractivity contribution in [3.63, 3.8) is 0 Å². The molecule has 3 rings (SSSR count). The van der Waals surface area contributed by atoms with Gasteiger partial charge in [-0.1, -0.05) is 18.2 Å². The molecule has 0 spiro atoms. The average molecular weight is 370 g/mol. The molecule has 7 nitrogen and oxygen atoms in total. The lowest BCUT2D eigenvalue weighted by atomic mass is 10.1. The number of esters is 1. The number of hydrogen-bond acceptors (Lipinski definition) is 7. The molecule has 0 saturated heterocycles. The fourth-order valence-electron chi connectivity index (χ4n) is 2.44. The molecule has 8 heteroatoms. The van der Waals surface area contributed by atoms with Gasteiger partial charge in [-0.05, 0) is 19.1 Å². The average Bonchev–Trinajstić information content (AvgIpc) is 3.02. The maximum absolute atomic E-state index is 12.2. The minimum Gasteiger partial charge on any atom is -0.466 e. The number of carbonyl (C=O) groups is 2. The van der Waals surface area contributed by atoms with Crippen LogP contribution in [0.1, 0.15) is 18.3 Å². The highest BCUT2D eigenvalue weighted by Crippen LogP contribution is 2.20. The maximum atomic E-state index is 12.2. The van der Waals surface area contributed by atoms with Crippen molar-refractivity contribution in [1.29, 1.82) is 0 Å². The SMILES string of the molecule is CCOC(=O)Cc1csc(NC(=O)Cc2ccc3cccc(N)c3n2)n1. The topological polar surface area (TPSA) is 107 Å². The van der Waals surface area contributed by atoms with E-state index in [0.717, 1.165) is 5.39 Å². The highest BCUT2D eigenvalue weighted by Gasteiger charge is 2.12. The maximum Gasteiger partial charge on any atom is 0.311 e. The first-order valence-corrected chi connectivity index (χ1v) is 8.97. The van der Waals surface area contributed by atoms with Crippen molar-refractivity contribution in [2.75, 3.05) is 17.7 Å². The fourth-order valence-corrected chi connectivity index (χ4v) is 3.17. The molecule has 3 aromatic rings. The van der Waals surface area contributed by atoms with Gasteiger partial charge in [-0.25, -0.2) is 4.98 Å². The van der Waals surface area contributed by atoms with E-state index in [9.17, 15) is 9.59 Å². The molecular formula is C18H18N4O3S. The number of thiazole rings is 1. The molecule has 0 saturated carbocycles. The van der Waals surface area contributed by atoms with Crippen molar-refractivity contribution in [3.8, 4) is 0 Å². The van der Waals surface area contributed by atoms with Gasteiger partial charge in [-0.2, -0.15) is 0 Å². The lowest BCUT2D eigenvalue weighted by Gasteiger charge is -2.05. The molecule has 0 radical (unpaired) electrons. The number of nitrogens with one attached hydrogen (secondary N) is 1. The molecule has 0 atom stereocenters. The number of hydrogen-bond donors (Lipinski definition) is 2. The number of aromatic nitrogens is 2. The van der Waals surface area contributed by atoms with E-state index in [1.807, 2.05) is 18.2 Å². The zero-order chi connectivity index (χ0) is 18.5. The summed E-state index contributed by atoms with van der Waals surface area (Å²) >= 11 is 1.26. The number of ether oxygens (including phenoxy) is 1. The Kier molecular flexibility index (Phi) is 5.43. The van der Waals surface area contributed by atoms with Gasteiger partial charge in [-0.3, -0.25) is 14.6 Å². The van der Waals surface area contributed by atoms with E-state index >= 15 is 0 Å². The first-order valence-electron chi connectivity index (χ1n) is 8.09. The summed E-state index contributed by atoms with van der Waals surface area (Å²) < 4.78 is 4.88. The number of benzene rings is 1. The Bertz CT molecular complexity index is 955. The number of para-hydroxylation sites is 1. The molecule has 2 heterocycles. The summed E-state index contributed by atoms with van der Waals surface area (Å²) in [6.45, 7) is 2.08. The van der Waals surface area contributed by atoms with Crippen molar-refractivity contribution in [2.24, 2.45) is 0 Å². The van der Waals surface area contributed by atoms with Gasteiger partial charge < -0.3 is 15.8 Å². The summed E-state index contributed by atoms with van der Waals surface area (Å²) in [5.74, 6) is -0.572. The lowest BCUT2D eigenvalue weighted by molar-refractivity contribution is -0.142. The van der Waals surface area contributed by atoms with Gasteiger partial charge >= 0.3 is 5.97 Å². The third-order valence-corrected chi connectivity index (χ3v) is 4.39. The minimum atomic E-state index is -0.339. The largest absolute Gasteiger partial charge is 0.466 e. The van der Waals surface area contributed by atoms with Crippen LogP contribution < -0.4 is 11.1 Å². The van der Waals surface area contributed by atoms with Crippen molar-refractivity contribution in [3.05, 3.63) is 47.1 Å². The second-order valence-corrected chi connectivity index (χ2v) is 6.43. The molecule has 0 aliphatic heterocycles. The van der Waals surface area contributed by atoms with Gasteiger partial charge in [0.25, 0.3) is 0 Å². The van der Waals surface area contributed by atoms with E-state index < -0.39 is 0 Å². The Morgan fingerprint density at radius 1 is 1.15 bits per heavy atom. The molecule has 0 bridgehead atoms. The summed E-state index contributed by atoms with van der Waals surface area (Å²) in [6.07, 6.45) is 0.197. The number of fused-ring (bicyclic) bond motifs is 1. The first kappa shape index (κ1) is 17.8. The van der Waals surface area contributed by atoms with E-state index in [2.05, 4.69) is 15.3 Å². The first-order chi connectivity index (χ1) is 12.5. The predicted molar refractivity (Wildman–Crippen MR) is 101 cm³/mol. The monoisotopic (exact) mass is 370 g/mol. The predicted octanol–water partition coefficient (Wildman–Crippen LogP) is 2.56. The van der Waals surface area contributed by atoms with E-state index in [-0.39, 0.29) is 24.7 Å². The van der Waals surface area contributed by atoms with Crippen LogP contribution in [0.2, 0.25) is 0 Å². The number of rotatable bonds is 6. The number of nitrogens with two attached hydrogens (primary N) is 1. The van der Waals surface area contributed by atoms with Crippen LogP contribution in [0.3, 0.4) is 0 Å². The molecule has 26 heavy (non-hydrogen) atoms. The number of pyridine rings is 1. The summed E-state index contributed by atoms with van der Waals surface area (Å²) in [6, 6.07) is 9.25.